The van der Waals surface area contributed by atoms with Crippen molar-refractivity contribution in [2.45, 2.75) is 12.6 Å². The molecular formula is C29H30N4O2. The summed E-state index contributed by atoms with van der Waals surface area (Å²) in [6, 6.07) is 30.8. The van der Waals surface area contributed by atoms with Crippen molar-refractivity contribution in [2.75, 3.05) is 33.3 Å². The van der Waals surface area contributed by atoms with E-state index in [1.54, 1.807) is 13.3 Å². The highest BCUT2D eigenvalue weighted by Gasteiger charge is 2.26. The van der Waals surface area contributed by atoms with Crippen molar-refractivity contribution in [1.29, 1.82) is 5.26 Å². The molecule has 0 aliphatic carbocycles. The van der Waals surface area contributed by atoms with E-state index < -0.39 is 0 Å². The number of methoxy groups -OCH3 is 1. The zero-order valence-electron chi connectivity index (χ0n) is 19.9. The van der Waals surface area contributed by atoms with Crippen molar-refractivity contribution in [3.05, 3.63) is 113 Å². The lowest BCUT2D eigenvalue weighted by atomic mass is 9.96. The van der Waals surface area contributed by atoms with Gasteiger partial charge in [-0.3, -0.25) is 9.69 Å². The Morgan fingerprint density at radius 1 is 0.943 bits per heavy atom. The summed E-state index contributed by atoms with van der Waals surface area (Å²) in [5, 5.41) is 12.4. The molecule has 6 heteroatoms. The Balaban J connectivity index is 1.38. The van der Waals surface area contributed by atoms with Crippen LogP contribution in [-0.4, -0.2) is 49.0 Å². The molecule has 178 valence electrons. The lowest BCUT2D eigenvalue weighted by molar-refractivity contribution is -0.117. The van der Waals surface area contributed by atoms with E-state index in [1.807, 2.05) is 36.4 Å². The summed E-state index contributed by atoms with van der Waals surface area (Å²) in [7, 11) is 1.62. The highest BCUT2D eigenvalue weighted by molar-refractivity contribution is 5.97. The Morgan fingerprint density at radius 3 is 2.03 bits per heavy atom. The van der Waals surface area contributed by atoms with E-state index in [1.165, 1.54) is 11.1 Å². The first-order valence-electron chi connectivity index (χ1n) is 11.8. The molecule has 1 amide bonds. The monoisotopic (exact) mass is 466 g/mol. The molecule has 4 rings (SSSR count). The summed E-state index contributed by atoms with van der Waals surface area (Å²) in [4.78, 5) is 17.2. The maximum atomic E-state index is 12.6. The Bertz CT molecular complexity index is 1120. The van der Waals surface area contributed by atoms with Crippen LogP contribution in [0.4, 0.5) is 0 Å². The molecule has 1 heterocycles. The molecule has 6 nitrogen and oxygen atoms in total. The van der Waals surface area contributed by atoms with Crippen molar-refractivity contribution in [1.82, 2.24) is 15.1 Å². The van der Waals surface area contributed by atoms with Crippen LogP contribution in [0.1, 0.15) is 22.7 Å². The van der Waals surface area contributed by atoms with Gasteiger partial charge in [0.1, 0.15) is 17.4 Å². The normalized spacial score (nSPS) is 14.4. The maximum Gasteiger partial charge on any atom is 0.263 e. The second-order valence-electron chi connectivity index (χ2n) is 8.48. The number of hydrogen-bond donors (Lipinski definition) is 1. The third-order valence-electron chi connectivity index (χ3n) is 6.23. The van der Waals surface area contributed by atoms with E-state index in [4.69, 9.17) is 4.74 Å². The fourth-order valence-corrected chi connectivity index (χ4v) is 4.35. The van der Waals surface area contributed by atoms with Crippen LogP contribution in [-0.2, 0) is 11.3 Å². The summed E-state index contributed by atoms with van der Waals surface area (Å²) in [6.45, 7) is 3.50. The van der Waals surface area contributed by atoms with Crippen molar-refractivity contribution < 1.29 is 9.53 Å². The van der Waals surface area contributed by atoms with Gasteiger partial charge in [0.2, 0.25) is 0 Å². The van der Waals surface area contributed by atoms with Crippen LogP contribution in [0.5, 0.6) is 5.75 Å². The fraction of sp³-hybridized carbons (Fsp3) is 0.241. The SMILES string of the molecule is COc1ccc(CNC(=O)/C(C#N)=C\N2CCN(C(c3ccccc3)c3ccccc3)CC2)cc1. The van der Waals surface area contributed by atoms with Gasteiger partial charge < -0.3 is 15.0 Å². The van der Waals surface area contributed by atoms with Gasteiger partial charge in [0.25, 0.3) is 5.91 Å². The summed E-state index contributed by atoms with van der Waals surface area (Å²) in [5.41, 5.74) is 3.59. The van der Waals surface area contributed by atoms with Gasteiger partial charge in [0, 0.05) is 38.9 Å². The fourth-order valence-electron chi connectivity index (χ4n) is 4.35. The standard InChI is InChI=1S/C29H30N4O2/c1-35-27-14-12-23(13-15-27)21-31-29(34)26(20-30)22-32-16-18-33(19-17-32)28(24-8-4-2-5-9-24)25-10-6-3-7-11-25/h2-15,22,28H,16-19,21H2,1H3,(H,31,34)/b26-22-. The lowest BCUT2D eigenvalue weighted by Crippen LogP contribution is -2.46. The van der Waals surface area contributed by atoms with E-state index in [0.717, 1.165) is 37.5 Å². The summed E-state index contributed by atoms with van der Waals surface area (Å²) >= 11 is 0. The van der Waals surface area contributed by atoms with E-state index in [9.17, 15) is 10.1 Å². The number of carbonyl (C=O) groups excluding carboxylic acids is 1. The molecule has 1 saturated heterocycles. The zero-order chi connectivity index (χ0) is 24.5. The molecule has 3 aromatic carbocycles. The number of hydrogen-bond acceptors (Lipinski definition) is 5. The number of amides is 1. The van der Waals surface area contributed by atoms with Crippen LogP contribution < -0.4 is 10.1 Å². The van der Waals surface area contributed by atoms with Crippen molar-refractivity contribution >= 4 is 5.91 Å². The smallest absolute Gasteiger partial charge is 0.263 e. The number of benzene rings is 3. The third kappa shape index (κ3) is 6.28. The second-order valence-corrected chi connectivity index (χ2v) is 8.48. The van der Waals surface area contributed by atoms with Gasteiger partial charge in [0.15, 0.2) is 0 Å². The number of nitrogens with one attached hydrogen (secondary N) is 1. The molecule has 0 spiro atoms. The van der Waals surface area contributed by atoms with Crippen LogP contribution in [0.15, 0.2) is 96.7 Å². The highest BCUT2D eigenvalue weighted by atomic mass is 16.5. The first-order valence-corrected chi connectivity index (χ1v) is 11.8. The largest absolute Gasteiger partial charge is 0.497 e. The molecular weight excluding hydrogens is 436 g/mol. The molecule has 3 aromatic rings. The number of rotatable bonds is 8. The van der Waals surface area contributed by atoms with Gasteiger partial charge in [-0.2, -0.15) is 5.26 Å². The van der Waals surface area contributed by atoms with Gasteiger partial charge >= 0.3 is 0 Å². The number of carbonyl (C=O) groups is 1. The lowest BCUT2D eigenvalue weighted by Gasteiger charge is -2.39. The summed E-state index contributed by atoms with van der Waals surface area (Å²) in [6.07, 6.45) is 1.70. The zero-order valence-corrected chi connectivity index (χ0v) is 19.9. The molecule has 0 radical (unpaired) electrons. The molecule has 35 heavy (non-hydrogen) atoms. The Morgan fingerprint density at radius 2 is 1.51 bits per heavy atom. The van der Waals surface area contributed by atoms with Gasteiger partial charge in [-0.25, -0.2) is 0 Å². The minimum absolute atomic E-state index is 0.120. The second kappa shape index (κ2) is 11.9. The van der Waals surface area contributed by atoms with Crippen LogP contribution in [0, 0.1) is 11.3 Å². The quantitative estimate of drug-likeness (QED) is 0.399. The molecule has 1 aliphatic heterocycles. The van der Waals surface area contributed by atoms with Gasteiger partial charge in [-0.1, -0.05) is 72.8 Å². The highest BCUT2D eigenvalue weighted by Crippen LogP contribution is 2.29. The van der Waals surface area contributed by atoms with Gasteiger partial charge in [-0.15, -0.1) is 0 Å². The van der Waals surface area contributed by atoms with E-state index >= 15 is 0 Å². The number of nitriles is 1. The average molecular weight is 467 g/mol. The maximum absolute atomic E-state index is 12.6. The number of ether oxygens (including phenoxy) is 1. The summed E-state index contributed by atoms with van der Waals surface area (Å²) in [5.74, 6) is 0.399. The van der Waals surface area contributed by atoms with Crippen molar-refractivity contribution in [2.24, 2.45) is 0 Å². The molecule has 0 atom stereocenters. The van der Waals surface area contributed by atoms with Crippen LogP contribution in [0.25, 0.3) is 0 Å². The molecule has 1 N–H and O–H groups in total. The third-order valence-corrected chi connectivity index (χ3v) is 6.23. The van der Waals surface area contributed by atoms with Gasteiger partial charge in [0.05, 0.1) is 13.2 Å². The predicted octanol–water partition coefficient (Wildman–Crippen LogP) is 4.13. The molecule has 0 aromatic heterocycles. The van der Waals surface area contributed by atoms with E-state index in [0.29, 0.717) is 6.54 Å². The van der Waals surface area contributed by atoms with Crippen LogP contribution >= 0.6 is 0 Å². The predicted molar refractivity (Wildman–Crippen MR) is 136 cm³/mol. The Labute approximate surface area is 207 Å². The first-order chi connectivity index (χ1) is 17.2. The molecule has 1 aliphatic rings. The molecule has 0 bridgehead atoms. The molecule has 0 saturated carbocycles. The molecule has 1 fully saturated rings. The van der Waals surface area contributed by atoms with Gasteiger partial charge in [-0.05, 0) is 28.8 Å². The number of piperazine rings is 1. The first kappa shape index (κ1) is 24.1. The summed E-state index contributed by atoms with van der Waals surface area (Å²) < 4.78 is 5.16. The average Bonchev–Trinajstić information content (AvgIpc) is 2.93. The van der Waals surface area contributed by atoms with Crippen LogP contribution in [0.2, 0.25) is 0 Å². The van der Waals surface area contributed by atoms with Crippen molar-refractivity contribution in [3.63, 3.8) is 0 Å². The van der Waals surface area contributed by atoms with E-state index in [2.05, 4.69) is 69.7 Å². The van der Waals surface area contributed by atoms with Crippen molar-refractivity contribution in [3.8, 4) is 11.8 Å². The molecule has 0 unspecified atom stereocenters. The Hall–Kier alpha value is -4.08. The van der Waals surface area contributed by atoms with E-state index in [-0.39, 0.29) is 17.5 Å². The number of nitrogens with zero attached hydrogens (tertiary/aromatic N) is 3. The topological polar surface area (TPSA) is 68.6 Å². The van der Waals surface area contributed by atoms with Crippen LogP contribution in [0.3, 0.4) is 0 Å². The minimum Gasteiger partial charge on any atom is -0.497 e. The minimum atomic E-state index is -0.364. The Kier molecular flexibility index (Phi) is 8.16.